The Morgan fingerprint density at radius 2 is 1.93 bits per heavy atom. The molecule has 0 aliphatic carbocycles. The first kappa shape index (κ1) is 16.9. The van der Waals surface area contributed by atoms with Gasteiger partial charge in [-0.25, -0.2) is 4.68 Å². The maximum absolute atomic E-state index is 12.5. The van der Waals surface area contributed by atoms with Gasteiger partial charge in [-0.3, -0.25) is 9.59 Å². The average Bonchev–Trinajstić information content (AvgIpc) is 3.17. The maximum Gasteiger partial charge on any atom is 0.275 e. The van der Waals surface area contributed by atoms with Crippen LogP contribution >= 0.6 is 11.7 Å². The lowest BCUT2D eigenvalue weighted by Gasteiger charge is -2.10. The number of rotatable bonds is 4. The van der Waals surface area contributed by atoms with Gasteiger partial charge in [0.15, 0.2) is 0 Å². The Balaban J connectivity index is 1.64. The summed E-state index contributed by atoms with van der Waals surface area (Å²) in [6, 6.07) is 12.3. The summed E-state index contributed by atoms with van der Waals surface area (Å²) in [7, 11) is 0. The molecule has 7 nitrogen and oxygen atoms in total. The average molecular weight is 375 g/mol. The number of nitrogens with zero attached hydrogens (tertiary/aromatic N) is 4. The van der Waals surface area contributed by atoms with E-state index in [9.17, 15) is 9.59 Å². The van der Waals surface area contributed by atoms with Gasteiger partial charge in [0.05, 0.1) is 29.4 Å². The SMILES string of the molecule is C#CCn1nc(CNC(=O)c2ccc3nsnc3c2)c2ccccc2c1=O. The minimum atomic E-state index is -0.259. The molecule has 0 saturated heterocycles. The summed E-state index contributed by atoms with van der Waals surface area (Å²) in [5.41, 5.74) is 2.24. The minimum absolute atomic E-state index is 0.0676. The van der Waals surface area contributed by atoms with E-state index in [2.05, 4.69) is 25.1 Å². The molecule has 2 heterocycles. The summed E-state index contributed by atoms with van der Waals surface area (Å²) in [6.45, 7) is 0.232. The monoisotopic (exact) mass is 375 g/mol. The van der Waals surface area contributed by atoms with E-state index in [0.717, 1.165) is 17.2 Å². The van der Waals surface area contributed by atoms with Crippen molar-refractivity contribution in [2.75, 3.05) is 0 Å². The Morgan fingerprint density at radius 3 is 2.74 bits per heavy atom. The zero-order valence-corrected chi connectivity index (χ0v) is 14.9. The number of hydrogen-bond acceptors (Lipinski definition) is 6. The Kier molecular flexibility index (Phi) is 4.36. The smallest absolute Gasteiger partial charge is 0.275 e. The Hall–Kier alpha value is -3.57. The van der Waals surface area contributed by atoms with Crippen LogP contribution in [0.2, 0.25) is 0 Å². The van der Waals surface area contributed by atoms with Crippen LogP contribution in [0.4, 0.5) is 0 Å². The number of fused-ring (bicyclic) bond motifs is 2. The first-order valence-corrected chi connectivity index (χ1v) is 8.83. The third-order valence-corrected chi connectivity index (χ3v) is 4.67. The van der Waals surface area contributed by atoms with E-state index in [1.54, 1.807) is 36.4 Å². The molecule has 2 aromatic heterocycles. The van der Waals surface area contributed by atoms with Crippen LogP contribution in [-0.2, 0) is 13.1 Å². The number of hydrogen-bond donors (Lipinski definition) is 1. The third-order valence-electron chi connectivity index (χ3n) is 4.12. The van der Waals surface area contributed by atoms with Gasteiger partial charge in [-0.05, 0) is 24.3 Å². The second kappa shape index (κ2) is 6.97. The molecule has 0 aliphatic rings. The van der Waals surface area contributed by atoms with E-state index in [1.165, 1.54) is 4.68 Å². The van der Waals surface area contributed by atoms with Crippen LogP contribution < -0.4 is 10.9 Å². The predicted octanol–water partition coefficient (Wildman–Crippen LogP) is 1.96. The molecule has 4 aromatic rings. The lowest BCUT2D eigenvalue weighted by atomic mass is 10.1. The van der Waals surface area contributed by atoms with Gasteiger partial charge in [-0.15, -0.1) is 6.42 Å². The molecule has 27 heavy (non-hydrogen) atoms. The summed E-state index contributed by atoms with van der Waals surface area (Å²) in [4.78, 5) is 24.9. The van der Waals surface area contributed by atoms with Gasteiger partial charge in [0.25, 0.3) is 11.5 Å². The minimum Gasteiger partial charge on any atom is -0.346 e. The number of benzene rings is 2. The van der Waals surface area contributed by atoms with Crippen molar-refractivity contribution in [2.45, 2.75) is 13.1 Å². The van der Waals surface area contributed by atoms with E-state index < -0.39 is 0 Å². The summed E-state index contributed by atoms with van der Waals surface area (Å²) in [6.07, 6.45) is 5.33. The van der Waals surface area contributed by atoms with Gasteiger partial charge < -0.3 is 5.32 Å². The predicted molar refractivity (Wildman–Crippen MR) is 103 cm³/mol. The standard InChI is InChI=1S/C19H13N5O2S/c1-2-9-24-19(26)14-6-4-3-5-13(14)17(21-24)11-20-18(25)12-7-8-15-16(10-12)23-27-22-15/h1,3-8,10H,9,11H2,(H,20,25). The molecule has 2 aromatic carbocycles. The van der Waals surface area contributed by atoms with Gasteiger partial charge in [-0.1, -0.05) is 24.1 Å². The maximum atomic E-state index is 12.5. The fraction of sp³-hybridized carbons (Fsp3) is 0.105. The zero-order valence-electron chi connectivity index (χ0n) is 14.0. The molecular formula is C19H13N5O2S. The quantitative estimate of drug-likeness (QED) is 0.551. The van der Waals surface area contributed by atoms with Crippen LogP contribution in [0.15, 0.2) is 47.3 Å². The molecule has 0 atom stereocenters. The van der Waals surface area contributed by atoms with Crippen molar-refractivity contribution < 1.29 is 4.79 Å². The molecule has 0 bridgehead atoms. The number of amides is 1. The fourth-order valence-corrected chi connectivity index (χ4v) is 3.34. The Labute approximate surface area is 158 Å². The highest BCUT2D eigenvalue weighted by Gasteiger charge is 2.12. The molecule has 4 rings (SSSR count). The highest BCUT2D eigenvalue weighted by Crippen LogP contribution is 2.15. The molecule has 0 aliphatic heterocycles. The van der Waals surface area contributed by atoms with Gasteiger partial charge >= 0.3 is 0 Å². The van der Waals surface area contributed by atoms with Gasteiger partial charge in [-0.2, -0.15) is 13.8 Å². The molecule has 1 amide bonds. The number of nitrogens with one attached hydrogen (secondary N) is 1. The van der Waals surface area contributed by atoms with E-state index in [0.29, 0.717) is 27.5 Å². The second-order valence-electron chi connectivity index (χ2n) is 5.81. The molecular weight excluding hydrogens is 362 g/mol. The molecule has 132 valence electrons. The highest BCUT2D eigenvalue weighted by atomic mass is 32.1. The number of carbonyl (C=O) groups excluding carboxylic acids is 1. The zero-order chi connectivity index (χ0) is 18.8. The van der Waals surface area contributed by atoms with E-state index in [1.807, 2.05) is 6.07 Å². The van der Waals surface area contributed by atoms with Crippen molar-refractivity contribution in [3.05, 3.63) is 64.1 Å². The van der Waals surface area contributed by atoms with Crippen molar-refractivity contribution in [1.29, 1.82) is 0 Å². The number of aromatic nitrogens is 4. The summed E-state index contributed by atoms with van der Waals surface area (Å²) in [5.74, 6) is 2.16. The van der Waals surface area contributed by atoms with Crippen LogP contribution in [0.3, 0.4) is 0 Å². The summed E-state index contributed by atoms with van der Waals surface area (Å²) < 4.78 is 9.50. The third kappa shape index (κ3) is 3.16. The van der Waals surface area contributed by atoms with Crippen molar-refractivity contribution in [2.24, 2.45) is 0 Å². The number of carbonyl (C=O) groups is 1. The lowest BCUT2D eigenvalue weighted by Crippen LogP contribution is -2.28. The molecule has 0 fully saturated rings. The Morgan fingerprint density at radius 1 is 1.15 bits per heavy atom. The summed E-state index contributed by atoms with van der Waals surface area (Å²) >= 11 is 1.10. The van der Waals surface area contributed by atoms with Crippen LogP contribution in [0.25, 0.3) is 21.8 Å². The Bertz CT molecular complexity index is 1270. The van der Waals surface area contributed by atoms with Crippen molar-refractivity contribution >= 4 is 39.4 Å². The molecule has 8 heteroatoms. The summed E-state index contributed by atoms with van der Waals surface area (Å²) in [5, 5.41) is 8.37. The van der Waals surface area contributed by atoms with Gasteiger partial charge in [0, 0.05) is 10.9 Å². The topological polar surface area (TPSA) is 89.8 Å². The lowest BCUT2D eigenvalue weighted by molar-refractivity contribution is 0.0950. The van der Waals surface area contributed by atoms with Gasteiger partial charge in [0.2, 0.25) is 0 Å². The van der Waals surface area contributed by atoms with E-state index in [4.69, 9.17) is 6.42 Å². The first-order chi connectivity index (χ1) is 13.2. The number of terminal acetylenes is 1. The molecule has 0 spiro atoms. The second-order valence-corrected chi connectivity index (χ2v) is 6.34. The normalized spacial score (nSPS) is 10.8. The van der Waals surface area contributed by atoms with E-state index >= 15 is 0 Å². The van der Waals surface area contributed by atoms with Crippen LogP contribution in [-0.4, -0.2) is 24.4 Å². The van der Waals surface area contributed by atoms with E-state index in [-0.39, 0.29) is 24.6 Å². The van der Waals surface area contributed by atoms with Crippen molar-refractivity contribution in [1.82, 2.24) is 23.8 Å². The van der Waals surface area contributed by atoms with Crippen LogP contribution in [0, 0.1) is 12.3 Å². The van der Waals surface area contributed by atoms with Crippen molar-refractivity contribution in [3.63, 3.8) is 0 Å². The van der Waals surface area contributed by atoms with Gasteiger partial charge in [0.1, 0.15) is 17.6 Å². The molecule has 0 saturated carbocycles. The van der Waals surface area contributed by atoms with Crippen molar-refractivity contribution in [3.8, 4) is 12.3 Å². The molecule has 0 unspecified atom stereocenters. The fourth-order valence-electron chi connectivity index (χ4n) is 2.82. The van der Waals surface area contributed by atoms with Crippen LogP contribution in [0.1, 0.15) is 16.1 Å². The van der Waals surface area contributed by atoms with Crippen LogP contribution in [0.5, 0.6) is 0 Å². The largest absolute Gasteiger partial charge is 0.346 e. The highest BCUT2D eigenvalue weighted by molar-refractivity contribution is 7.00. The molecule has 1 N–H and O–H groups in total. The first-order valence-electron chi connectivity index (χ1n) is 8.10. The molecule has 0 radical (unpaired) electrons.